The van der Waals surface area contributed by atoms with Gasteiger partial charge in [-0.3, -0.25) is 4.99 Å². The largest absolute Gasteiger partial charge is 0.496 e. The average molecular weight is 384 g/mol. The summed E-state index contributed by atoms with van der Waals surface area (Å²) >= 11 is 0. The van der Waals surface area contributed by atoms with Crippen molar-refractivity contribution in [3.63, 3.8) is 0 Å². The lowest BCUT2D eigenvalue weighted by molar-refractivity contribution is -0.135. The first-order chi connectivity index (χ1) is 13.2. The highest BCUT2D eigenvalue weighted by Crippen LogP contribution is 2.24. The van der Waals surface area contributed by atoms with E-state index in [9.17, 15) is 4.79 Å². The van der Waals surface area contributed by atoms with Crippen LogP contribution >= 0.6 is 0 Å². The number of esters is 1. The Balaban J connectivity index is 3.62. The Bertz CT molecular complexity index is 809. The molecular weight excluding hydrogens is 350 g/mol. The Morgan fingerprint density at radius 1 is 1.11 bits per heavy atom. The average Bonchev–Trinajstić information content (AvgIpc) is 2.68. The van der Waals surface area contributed by atoms with Crippen LogP contribution in [0.1, 0.15) is 46.6 Å². The third-order valence-corrected chi connectivity index (χ3v) is 4.51. The highest BCUT2D eigenvalue weighted by Gasteiger charge is 2.18. The van der Waals surface area contributed by atoms with Crippen molar-refractivity contribution < 1.29 is 14.3 Å². The van der Waals surface area contributed by atoms with E-state index in [2.05, 4.69) is 13.8 Å². The van der Waals surface area contributed by atoms with E-state index in [4.69, 9.17) is 14.5 Å². The van der Waals surface area contributed by atoms with E-state index in [1.807, 2.05) is 64.1 Å². The number of carbonyl (C=O) groups excluding carboxylic acids is 1. The topological polar surface area (TPSA) is 47.9 Å². The smallest absolute Gasteiger partial charge is 0.341 e. The van der Waals surface area contributed by atoms with Crippen molar-refractivity contribution >= 4 is 17.4 Å². The van der Waals surface area contributed by atoms with E-state index in [0.717, 1.165) is 34.5 Å². The second kappa shape index (κ2) is 11.3. The molecule has 28 heavy (non-hydrogen) atoms. The second-order valence-corrected chi connectivity index (χ2v) is 7.12. The molecule has 1 aromatic rings. The summed E-state index contributed by atoms with van der Waals surface area (Å²) in [7, 11) is 2.93. The Morgan fingerprint density at radius 2 is 1.75 bits per heavy atom. The van der Waals surface area contributed by atoms with Gasteiger partial charge in [0.2, 0.25) is 0 Å². The van der Waals surface area contributed by atoms with Crippen molar-refractivity contribution in [3.05, 3.63) is 64.5 Å². The van der Waals surface area contributed by atoms with Gasteiger partial charge in [-0.25, -0.2) is 4.79 Å². The molecule has 1 atom stereocenters. The van der Waals surface area contributed by atoms with Crippen molar-refractivity contribution in [2.45, 2.75) is 48.0 Å². The van der Waals surface area contributed by atoms with Crippen LogP contribution in [0.25, 0.3) is 0 Å². The van der Waals surface area contributed by atoms with Gasteiger partial charge in [-0.15, -0.1) is 0 Å². The summed E-state index contributed by atoms with van der Waals surface area (Å²) in [4.78, 5) is 17.4. The number of allylic oxidation sites excluding steroid dienone is 3. The highest BCUT2D eigenvalue weighted by molar-refractivity contribution is 6.05. The predicted octanol–water partition coefficient (Wildman–Crippen LogP) is 6.10. The number of para-hydroxylation sites is 1. The fraction of sp³-hybridized carbons (Fsp3) is 0.417. The van der Waals surface area contributed by atoms with Crippen molar-refractivity contribution in [3.8, 4) is 0 Å². The molecule has 4 heteroatoms. The molecule has 0 spiro atoms. The molecular formula is C24H33NO3. The van der Waals surface area contributed by atoms with Gasteiger partial charge in [0.15, 0.2) is 0 Å². The maximum atomic E-state index is 12.4. The summed E-state index contributed by atoms with van der Waals surface area (Å²) < 4.78 is 10.5. The molecule has 1 rings (SSSR count). The van der Waals surface area contributed by atoms with Gasteiger partial charge in [0.1, 0.15) is 11.3 Å². The minimum atomic E-state index is -0.437. The number of ether oxygens (including phenoxy) is 2. The molecule has 0 fully saturated rings. The van der Waals surface area contributed by atoms with Crippen LogP contribution < -0.4 is 0 Å². The third kappa shape index (κ3) is 6.52. The molecule has 0 aromatic heterocycles. The minimum Gasteiger partial charge on any atom is -0.496 e. The Morgan fingerprint density at radius 3 is 2.25 bits per heavy atom. The minimum absolute atomic E-state index is 0.240. The fourth-order valence-electron chi connectivity index (χ4n) is 2.74. The van der Waals surface area contributed by atoms with Gasteiger partial charge in [0.05, 0.1) is 19.9 Å². The molecule has 0 aliphatic carbocycles. The molecule has 0 bridgehead atoms. The Hall–Kier alpha value is -2.62. The van der Waals surface area contributed by atoms with Crippen LogP contribution in [0.2, 0.25) is 0 Å². The summed E-state index contributed by atoms with van der Waals surface area (Å²) in [5, 5.41) is 0. The monoisotopic (exact) mass is 383 g/mol. The predicted molar refractivity (Wildman–Crippen MR) is 117 cm³/mol. The van der Waals surface area contributed by atoms with Gasteiger partial charge >= 0.3 is 5.97 Å². The zero-order chi connectivity index (χ0) is 21.3. The van der Waals surface area contributed by atoms with E-state index in [1.165, 1.54) is 7.11 Å². The summed E-state index contributed by atoms with van der Waals surface area (Å²) in [6.07, 6.45) is 4.59. The summed E-state index contributed by atoms with van der Waals surface area (Å²) in [5.74, 6) is 0.280. The molecule has 0 radical (unpaired) electrons. The lowest BCUT2D eigenvalue weighted by Gasteiger charge is -2.16. The zero-order valence-electron chi connectivity index (χ0n) is 18.4. The maximum Gasteiger partial charge on any atom is 0.341 e. The van der Waals surface area contributed by atoms with Crippen LogP contribution in [0.3, 0.4) is 0 Å². The third-order valence-electron chi connectivity index (χ3n) is 4.51. The van der Waals surface area contributed by atoms with Gasteiger partial charge in [0.25, 0.3) is 0 Å². The first-order valence-electron chi connectivity index (χ1n) is 9.59. The molecule has 0 saturated carbocycles. The quantitative estimate of drug-likeness (QED) is 0.179. The molecule has 0 heterocycles. The normalized spacial score (nSPS) is 14.1. The van der Waals surface area contributed by atoms with E-state index in [-0.39, 0.29) is 5.92 Å². The van der Waals surface area contributed by atoms with Gasteiger partial charge < -0.3 is 9.47 Å². The van der Waals surface area contributed by atoms with Crippen LogP contribution in [0, 0.1) is 12.8 Å². The molecule has 0 aliphatic heterocycles. The molecule has 0 saturated heterocycles. The van der Waals surface area contributed by atoms with Crippen LogP contribution in [-0.4, -0.2) is 25.9 Å². The Kier molecular flexibility index (Phi) is 9.43. The summed E-state index contributed by atoms with van der Waals surface area (Å²) in [6.45, 7) is 12.2. The molecule has 152 valence electrons. The number of benzene rings is 1. The maximum absolute atomic E-state index is 12.4. The number of aryl methyl sites for hydroxylation is 1. The van der Waals surface area contributed by atoms with Crippen LogP contribution in [-0.2, 0) is 14.3 Å². The number of aliphatic imine (C=N–C) groups is 1. The molecule has 1 aromatic carbocycles. The van der Waals surface area contributed by atoms with Crippen LogP contribution in [0.5, 0.6) is 0 Å². The summed E-state index contributed by atoms with van der Waals surface area (Å²) in [5.41, 5.74) is 5.32. The van der Waals surface area contributed by atoms with Crippen molar-refractivity contribution in [2.24, 2.45) is 10.9 Å². The molecule has 1 unspecified atom stereocenters. The van der Waals surface area contributed by atoms with E-state index < -0.39 is 5.97 Å². The van der Waals surface area contributed by atoms with Gasteiger partial charge in [0, 0.05) is 5.71 Å². The van der Waals surface area contributed by atoms with Crippen molar-refractivity contribution in [2.75, 3.05) is 14.2 Å². The number of nitrogens with zero attached hydrogens (tertiary/aromatic N) is 1. The zero-order valence-corrected chi connectivity index (χ0v) is 18.4. The second-order valence-electron chi connectivity index (χ2n) is 7.12. The first-order valence-corrected chi connectivity index (χ1v) is 9.59. The van der Waals surface area contributed by atoms with Crippen molar-refractivity contribution in [1.29, 1.82) is 0 Å². The van der Waals surface area contributed by atoms with E-state index in [1.54, 1.807) is 7.11 Å². The number of carbonyl (C=O) groups is 1. The van der Waals surface area contributed by atoms with E-state index >= 15 is 0 Å². The van der Waals surface area contributed by atoms with Gasteiger partial charge in [-0.1, -0.05) is 37.6 Å². The SMILES string of the molecule is CCC(C)C(=Nc1ccccc1C)/C(C)=C/C(C(=O)OC)=C(\C=C(C)C)OC. The lowest BCUT2D eigenvalue weighted by atomic mass is 9.94. The first kappa shape index (κ1) is 23.4. The number of methoxy groups -OCH3 is 2. The molecule has 0 amide bonds. The van der Waals surface area contributed by atoms with E-state index in [0.29, 0.717) is 11.3 Å². The molecule has 4 nitrogen and oxygen atoms in total. The number of hydrogen-bond acceptors (Lipinski definition) is 4. The Labute approximate surface area is 169 Å². The molecule has 0 N–H and O–H groups in total. The number of hydrogen-bond donors (Lipinski definition) is 0. The number of rotatable bonds is 8. The lowest BCUT2D eigenvalue weighted by Crippen LogP contribution is -2.14. The van der Waals surface area contributed by atoms with Gasteiger partial charge in [-0.2, -0.15) is 0 Å². The standard InChI is InChI=1S/C24H33NO3/c1-9-17(4)23(25-21-13-11-10-12-18(21)5)19(6)15-20(24(26)28-8)22(27-7)14-16(2)3/h10-15,17H,9H2,1-8H3/b19-15+,22-20-,25-23?. The molecule has 0 aliphatic rings. The summed E-state index contributed by atoms with van der Waals surface area (Å²) in [6, 6.07) is 8.04. The van der Waals surface area contributed by atoms with Gasteiger partial charge in [-0.05, 0) is 69.4 Å². The van der Waals surface area contributed by atoms with Crippen molar-refractivity contribution in [1.82, 2.24) is 0 Å². The highest BCUT2D eigenvalue weighted by atomic mass is 16.5. The van der Waals surface area contributed by atoms with Crippen LogP contribution in [0.15, 0.2) is 63.9 Å². The fourth-order valence-corrected chi connectivity index (χ4v) is 2.74. The van der Waals surface area contributed by atoms with Crippen LogP contribution in [0.4, 0.5) is 5.69 Å².